The zero-order chi connectivity index (χ0) is 17.3. The third-order valence-corrected chi connectivity index (χ3v) is 5.47. The van der Waals surface area contributed by atoms with E-state index >= 15 is 0 Å². The summed E-state index contributed by atoms with van der Waals surface area (Å²) in [5.41, 5.74) is 1.20. The lowest BCUT2D eigenvalue weighted by molar-refractivity contribution is 0.169. The van der Waals surface area contributed by atoms with Gasteiger partial charge in [-0.1, -0.05) is 5.16 Å². The first-order chi connectivity index (χ1) is 11.4. The van der Waals surface area contributed by atoms with Crippen LogP contribution in [-0.2, 0) is 0 Å². The average Bonchev–Trinajstić information content (AvgIpc) is 3.12. The molecule has 0 aliphatic carbocycles. The van der Waals surface area contributed by atoms with Crippen LogP contribution in [0.5, 0.6) is 0 Å². The second-order valence-corrected chi connectivity index (χ2v) is 7.97. The van der Waals surface area contributed by atoms with Gasteiger partial charge in [-0.15, -0.1) is 11.3 Å². The SMILES string of the molecule is Cc1noc([C@@H]2CCCN(C(=O)N[C@@H](C)c3cc(C)sc3C)C2)n1. The Kier molecular flexibility index (Phi) is 4.89. The zero-order valence-corrected chi connectivity index (χ0v) is 15.4. The number of nitrogens with zero attached hydrogens (tertiary/aromatic N) is 3. The van der Waals surface area contributed by atoms with Crippen LogP contribution in [0.4, 0.5) is 4.79 Å². The first-order valence-electron chi connectivity index (χ1n) is 8.36. The smallest absolute Gasteiger partial charge is 0.317 e. The summed E-state index contributed by atoms with van der Waals surface area (Å²) >= 11 is 1.77. The lowest BCUT2D eigenvalue weighted by atomic mass is 9.98. The van der Waals surface area contributed by atoms with Gasteiger partial charge in [0, 0.05) is 22.8 Å². The molecule has 24 heavy (non-hydrogen) atoms. The summed E-state index contributed by atoms with van der Waals surface area (Å²) in [6.45, 7) is 9.44. The van der Waals surface area contributed by atoms with Gasteiger partial charge >= 0.3 is 6.03 Å². The fraction of sp³-hybridized carbons (Fsp3) is 0.588. The number of nitrogens with one attached hydrogen (secondary N) is 1. The molecule has 0 bridgehead atoms. The molecule has 0 unspecified atom stereocenters. The molecule has 1 aliphatic heterocycles. The number of carbonyl (C=O) groups is 1. The van der Waals surface area contributed by atoms with Gasteiger partial charge in [0.1, 0.15) is 0 Å². The van der Waals surface area contributed by atoms with Crippen LogP contribution in [-0.4, -0.2) is 34.2 Å². The van der Waals surface area contributed by atoms with Crippen LogP contribution in [0, 0.1) is 20.8 Å². The van der Waals surface area contributed by atoms with Crippen LogP contribution >= 0.6 is 11.3 Å². The van der Waals surface area contributed by atoms with Crippen LogP contribution in [0.2, 0.25) is 0 Å². The number of carbonyl (C=O) groups excluding carboxylic acids is 1. The number of piperidine rings is 1. The number of hydrogen-bond donors (Lipinski definition) is 1. The average molecular weight is 348 g/mol. The molecule has 2 atom stereocenters. The van der Waals surface area contributed by atoms with Crippen molar-refractivity contribution in [3.05, 3.63) is 33.1 Å². The molecule has 0 aromatic carbocycles. The Morgan fingerprint density at radius 3 is 2.88 bits per heavy atom. The summed E-state index contributed by atoms with van der Waals surface area (Å²) in [7, 11) is 0. The van der Waals surface area contributed by atoms with Gasteiger partial charge in [0.25, 0.3) is 0 Å². The quantitative estimate of drug-likeness (QED) is 0.918. The fourth-order valence-corrected chi connectivity index (χ4v) is 4.30. The number of thiophene rings is 1. The summed E-state index contributed by atoms with van der Waals surface area (Å²) in [5, 5.41) is 6.98. The van der Waals surface area contributed by atoms with Gasteiger partial charge in [0.05, 0.1) is 12.0 Å². The Morgan fingerprint density at radius 2 is 2.25 bits per heavy atom. The van der Waals surface area contributed by atoms with Crippen molar-refractivity contribution in [3.63, 3.8) is 0 Å². The minimum atomic E-state index is -0.0216. The molecule has 1 N–H and O–H groups in total. The van der Waals surface area contributed by atoms with Crippen molar-refractivity contribution in [1.29, 1.82) is 0 Å². The molecule has 2 amide bonds. The molecule has 3 rings (SSSR count). The topological polar surface area (TPSA) is 71.3 Å². The highest BCUT2D eigenvalue weighted by atomic mass is 32.1. The van der Waals surface area contributed by atoms with E-state index in [4.69, 9.17) is 4.52 Å². The number of rotatable bonds is 3. The van der Waals surface area contributed by atoms with E-state index in [1.807, 2.05) is 18.7 Å². The molecule has 1 fully saturated rings. The zero-order valence-electron chi connectivity index (χ0n) is 14.6. The third kappa shape index (κ3) is 3.61. The van der Waals surface area contributed by atoms with Gasteiger partial charge in [0.15, 0.2) is 5.82 Å². The van der Waals surface area contributed by atoms with E-state index in [1.54, 1.807) is 11.3 Å². The highest BCUT2D eigenvalue weighted by Crippen LogP contribution is 2.28. The summed E-state index contributed by atoms with van der Waals surface area (Å²) < 4.78 is 5.28. The molecule has 3 heterocycles. The van der Waals surface area contributed by atoms with Gasteiger partial charge in [-0.05, 0) is 52.2 Å². The second kappa shape index (κ2) is 6.93. The van der Waals surface area contributed by atoms with E-state index in [2.05, 4.69) is 35.4 Å². The first kappa shape index (κ1) is 17.0. The van der Waals surface area contributed by atoms with E-state index in [1.165, 1.54) is 15.3 Å². The Labute approximate surface area is 146 Å². The van der Waals surface area contributed by atoms with Crippen molar-refractivity contribution in [2.24, 2.45) is 0 Å². The Morgan fingerprint density at radius 1 is 1.46 bits per heavy atom. The number of aryl methyl sites for hydroxylation is 3. The number of amides is 2. The predicted octanol–water partition coefficient (Wildman–Crippen LogP) is 3.71. The van der Waals surface area contributed by atoms with Crippen LogP contribution in [0.1, 0.15) is 58.8 Å². The molecule has 0 radical (unpaired) electrons. The predicted molar refractivity (Wildman–Crippen MR) is 93.3 cm³/mol. The molecule has 130 valence electrons. The summed E-state index contributed by atoms with van der Waals surface area (Å²) in [4.78, 5) is 21.3. The van der Waals surface area contributed by atoms with E-state index < -0.39 is 0 Å². The van der Waals surface area contributed by atoms with Gasteiger partial charge < -0.3 is 14.7 Å². The highest BCUT2D eigenvalue weighted by Gasteiger charge is 2.29. The number of likely N-dealkylation sites (tertiary alicyclic amines) is 1. The van der Waals surface area contributed by atoms with E-state index in [9.17, 15) is 4.79 Å². The molecular weight excluding hydrogens is 324 g/mol. The molecule has 0 spiro atoms. The van der Waals surface area contributed by atoms with Crippen LogP contribution in [0.25, 0.3) is 0 Å². The third-order valence-electron chi connectivity index (χ3n) is 4.49. The number of hydrogen-bond acceptors (Lipinski definition) is 5. The maximum Gasteiger partial charge on any atom is 0.317 e. The largest absolute Gasteiger partial charge is 0.339 e. The molecule has 0 saturated carbocycles. The Balaban J connectivity index is 1.63. The standard InChI is InChI=1S/C17H24N4O2S/c1-10-8-15(12(3)24-10)11(2)18-17(22)21-7-5-6-14(9-21)16-19-13(4)20-23-16/h8,11,14H,5-7,9H2,1-4H3,(H,18,22)/t11-,14+/m0/s1. The molecule has 7 heteroatoms. The minimum Gasteiger partial charge on any atom is -0.339 e. The van der Waals surface area contributed by atoms with Crippen molar-refractivity contribution in [1.82, 2.24) is 20.4 Å². The Hall–Kier alpha value is -1.89. The van der Waals surface area contributed by atoms with E-state index in [0.29, 0.717) is 18.3 Å². The summed E-state index contributed by atoms with van der Waals surface area (Å²) in [6.07, 6.45) is 1.92. The van der Waals surface area contributed by atoms with Gasteiger partial charge in [-0.3, -0.25) is 0 Å². The van der Waals surface area contributed by atoms with E-state index in [-0.39, 0.29) is 18.0 Å². The van der Waals surface area contributed by atoms with Gasteiger partial charge in [-0.25, -0.2) is 4.79 Å². The van der Waals surface area contributed by atoms with Crippen molar-refractivity contribution >= 4 is 17.4 Å². The minimum absolute atomic E-state index is 0.00785. The van der Waals surface area contributed by atoms with Gasteiger partial charge in [0.2, 0.25) is 5.89 Å². The Bertz CT molecular complexity index is 724. The van der Waals surface area contributed by atoms with Crippen LogP contribution < -0.4 is 5.32 Å². The maximum absolute atomic E-state index is 12.6. The lowest BCUT2D eigenvalue weighted by Crippen LogP contribution is -2.45. The van der Waals surface area contributed by atoms with Crippen LogP contribution in [0.15, 0.2) is 10.6 Å². The van der Waals surface area contributed by atoms with Crippen molar-refractivity contribution < 1.29 is 9.32 Å². The lowest BCUT2D eigenvalue weighted by Gasteiger charge is -2.32. The fourth-order valence-electron chi connectivity index (χ4n) is 3.28. The normalized spacial score (nSPS) is 19.3. The molecule has 1 aliphatic rings. The van der Waals surface area contributed by atoms with Gasteiger partial charge in [-0.2, -0.15) is 4.98 Å². The molecule has 2 aromatic rings. The van der Waals surface area contributed by atoms with Crippen molar-refractivity contribution in [3.8, 4) is 0 Å². The number of urea groups is 1. The molecule has 2 aromatic heterocycles. The monoisotopic (exact) mass is 348 g/mol. The molecule has 6 nitrogen and oxygen atoms in total. The van der Waals surface area contributed by atoms with Crippen molar-refractivity contribution in [2.45, 2.75) is 52.5 Å². The highest BCUT2D eigenvalue weighted by molar-refractivity contribution is 7.12. The van der Waals surface area contributed by atoms with Crippen LogP contribution in [0.3, 0.4) is 0 Å². The first-order valence-corrected chi connectivity index (χ1v) is 9.18. The molecule has 1 saturated heterocycles. The summed E-state index contributed by atoms with van der Waals surface area (Å²) in [5.74, 6) is 1.41. The van der Waals surface area contributed by atoms with Crippen molar-refractivity contribution in [2.75, 3.05) is 13.1 Å². The maximum atomic E-state index is 12.6. The number of aromatic nitrogens is 2. The second-order valence-electron chi connectivity index (χ2n) is 6.50. The molecular formula is C17H24N4O2S. The van der Waals surface area contributed by atoms with E-state index in [0.717, 1.165) is 19.4 Å². The summed E-state index contributed by atoms with van der Waals surface area (Å²) in [6, 6.07) is 2.14.